The van der Waals surface area contributed by atoms with Gasteiger partial charge in [-0.05, 0) is 44.9 Å². The van der Waals surface area contributed by atoms with Crippen LogP contribution >= 0.6 is 0 Å². The second-order valence-corrected chi connectivity index (χ2v) is 8.81. The smallest absolute Gasteiger partial charge is 0.356 e. The van der Waals surface area contributed by atoms with Crippen LogP contribution in [0, 0.1) is 5.82 Å². The summed E-state index contributed by atoms with van der Waals surface area (Å²) in [6.07, 6.45) is 6.54. The predicted molar refractivity (Wildman–Crippen MR) is 122 cm³/mol. The molecular weight excluding hydrogens is 411 g/mol. The highest BCUT2D eigenvalue weighted by Gasteiger charge is 2.30. The van der Waals surface area contributed by atoms with E-state index in [0.717, 1.165) is 26.2 Å². The topological polar surface area (TPSA) is 77.7 Å². The molecule has 4 rings (SSSR count). The summed E-state index contributed by atoms with van der Waals surface area (Å²) in [6.45, 7) is 7.40. The van der Waals surface area contributed by atoms with E-state index in [1.165, 1.54) is 44.2 Å². The number of amides is 1. The first-order chi connectivity index (χ1) is 15.5. The highest BCUT2D eigenvalue weighted by Crippen LogP contribution is 2.30. The van der Waals surface area contributed by atoms with Crippen LogP contribution in [0.15, 0.2) is 18.2 Å². The minimum Gasteiger partial charge on any atom is -0.461 e. The van der Waals surface area contributed by atoms with E-state index in [2.05, 4.69) is 20.1 Å². The first kappa shape index (κ1) is 22.7. The van der Waals surface area contributed by atoms with Crippen molar-refractivity contribution in [3.63, 3.8) is 0 Å². The number of aromatic amines is 1. The van der Waals surface area contributed by atoms with Crippen molar-refractivity contribution >= 4 is 28.5 Å². The summed E-state index contributed by atoms with van der Waals surface area (Å²) in [5.41, 5.74) is 0.976. The zero-order valence-corrected chi connectivity index (χ0v) is 19.0. The molecule has 1 saturated carbocycles. The van der Waals surface area contributed by atoms with Gasteiger partial charge in [-0.25, -0.2) is 9.18 Å². The zero-order chi connectivity index (χ0) is 22.7. The number of carbonyl (C=O) groups excluding carboxylic acids is 2. The fraction of sp³-hybridized carbons (Fsp3) is 0.583. The first-order valence-electron chi connectivity index (χ1n) is 11.7. The molecule has 7 nitrogen and oxygen atoms in total. The number of benzene rings is 1. The van der Waals surface area contributed by atoms with Gasteiger partial charge in [-0.1, -0.05) is 19.3 Å². The van der Waals surface area contributed by atoms with Gasteiger partial charge in [-0.3, -0.25) is 14.6 Å². The third kappa shape index (κ3) is 4.81. The number of esters is 1. The van der Waals surface area contributed by atoms with E-state index in [0.29, 0.717) is 16.9 Å². The number of carbonyl (C=O) groups is 2. The summed E-state index contributed by atoms with van der Waals surface area (Å²) in [5, 5.41) is 3.33. The maximum Gasteiger partial charge on any atom is 0.356 e. The lowest BCUT2D eigenvalue weighted by atomic mass is 9.94. The van der Waals surface area contributed by atoms with Gasteiger partial charge in [0.05, 0.1) is 18.3 Å². The minimum atomic E-state index is -0.576. The molecule has 174 valence electrons. The maximum atomic E-state index is 13.9. The van der Waals surface area contributed by atoms with Crippen LogP contribution < -0.4 is 5.32 Å². The number of halogens is 1. The molecule has 2 aliphatic rings. The normalized spacial score (nSPS) is 19.7. The average Bonchev–Trinajstić information content (AvgIpc) is 3.17. The van der Waals surface area contributed by atoms with Gasteiger partial charge in [0, 0.05) is 43.1 Å². The molecule has 1 aromatic carbocycles. The standard InChI is InChI=1S/C24H33FN4O3/c1-3-32-24(31)22-21(19-15-17(25)9-10-20(19)26-22)27-23(30)16(2)28-11-13-29(14-12-28)18-7-5-4-6-8-18/h9-10,15-16,18,26H,3-8,11-14H2,1-2H3,(H,27,30). The lowest BCUT2D eigenvalue weighted by Gasteiger charge is -2.42. The maximum absolute atomic E-state index is 13.9. The molecule has 8 heteroatoms. The average molecular weight is 445 g/mol. The Balaban J connectivity index is 1.45. The Hall–Kier alpha value is -2.45. The third-order valence-corrected chi connectivity index (χ3v) is 6.86. The van der Waals surface area contributed by atoms with E-state index in [4.69, 9.17) is 4.74 Å². The van der Waals surface area contributed by atoms with Gasteiger partial charge in [0.1, 0.15) is 11.5 Å². The molecule has 0 spiro atoms. The van der Waals surface area contributed by atoms with Crippen molar-refractivity contribution < 1.29 is 18.7 Å². The van der Waals surface area contributed by atoms with Crippen LogP contribution in [-0.4, -0.2) is 71.5 Å². The molecule has 1 aromatic heterocycles. The number of anilines is 1. The number of nitrogens with one attached hydrogen (secondary N) is 2. The Labute approximate surface area is 188 Å². The van der Waals surface area contributed by atoms with Crippen LogP contribution in [-0.2, 0) is 9.53 Å². The molecule has 1 aliphatic carbocycles. The van der Waals surface area contributed by atoms with Gasteiger partial charge in [0.25, 0.3) is 0 Å². The van der Waals surface area contributed by atoms with Crippen LogP contribution in [0.3, 0.4) is 0 Å². The minimum absolute atomic E-state index is 0.134. The molecule has 2 aromatic rings. The molecule has 0 radical (unpaired) electrons. The molecular formula is C24H33FN4O3. The van der Waals surface area contributed by atoms with Crippen molar-refractivity contribution in [1.82, 2.24) is 14.8 Å². The number of fused-ring (bicyclic) bond motifs is 1. The van der Waals surface area contributed by atoms with E-state index in [1.807, 2.05) is 6.92 Å². The summed E-state index contributed by atoms with van der Waals surface area (Å²) in [5.74, 6) is -1.23. The van der Waals surface area contributed by atoms with Crippen molar-refractivity contribution in [3.05, 3.63) is 29.7 Å². The third-order valence-electron chi connectivity index (χ3n) is 6.86. The van der Waals surface area contributed by atoms with Crippen LogP contribution in [0.4, 0.5) is 10.1 Å². The van der Waals surface area contributed by atoms with E-state index >= 15 is 0 Å². The van der Waals surface area contributed by atoms with E-state index in [1.54, 1.807) is 13.0 Å². The molecule has 32 heavy (non-hydrogen) atoms. The van der Waals surface area contributed by atoms with Crippen molar-refractivity contribution in [2.75, 3.05) is 38.1 Å². The number of hydrogen-bond donors (Lipinski definition) is 2. The Morgan fingerprint density at radius 3 is 2.59 bits per heavy atom. The molecule has 0 bridgehead atoms. The zero-order valence-electron chi connectivity index (χ0n) is 19.0. The predicted octanol–water partition coefficient (Wildman–Crippen LogP) is 3.76. The number of hydrogen-bond acceptors (Lipinski definition) is 5. The largest absolute Gasteiger partial charge is 0.461 e. The second-order valence-electron chi connectivity index (χ2n) is 8.81. The van der Waals surface area contributed by atoms with Crippen molar-refractivity contribution in [2.45, 2.75) is 58.0 Å². The molecule has 2 N–H and O–H groups in total. The Morgan fingerprint density at radius 1 is 1.19 bits per heavy atom. The van der Waals surface area contributed by atoms with Gasteiger partial charge >= 0.3 is 5.97 Å². The molecule has 1 saturated heterocycles. The van der Waals surface area contributed by atoms with E-state index in [-0.39, 0.29) is 29.9 Å². The Kier molecular flexibility index (Phi) is 7.10. The molecule has 1 amide bonds. The van der Waals surface area contributed by atoms with Gasteiger partial charge in [-0.15, -0.1) is 0 Å². The summed E-state index contributed by atoms with van der Waals surface area (Å²) >= 11 is 0. The van der Waals surface area contributed by atoms with Crippen LogP contribution in [0.2, 0.25) is 0 Å². The highest BCUT2D eigenvalue weighted by atomic mass is 19.1. The molecule has 2 fully saturated rings. The number of piperazine rings is 1. The van der Waals surface area contributed by atoms with Gasteiger partial charge in [0.2, 0.25) is 5.91 Å². The van der Waals surface area contributed by atoms with Crippen molar-refractivity contribution in [3.8, 4) is 0 Å². The number of aromatic nitrogens is 1. The second kappa shape index (κ2) is 10.0. The quantitative estimate of drug-likeness (QED) is 0.664. The number of ether oxygens (including phenoxy) is 1. The van der Waals surface area contributed by atoms with E-state index < -0.39 is 11.8 Å². The van der Waals surface area contributed by atoms with Crippen LogP contribution in [0.1, 0.15) is 56.4 Å². The summed E-state index contributed by atoms with van der Waals surface area (Å²) < 4.78 is 19.0. The lowest BCUT2D eigenvalue weighted by Crippen LogP contribution is -2.55. The van der Waals surface area contributed by atoms with Gasteiger partial charge in [0.15, 0.2) is 0 Å². The van der Waals surface area contributed by atoms with Crippen molar-refractivity contribution in [2.24, 2.45) is 0 Å². The van der Waals surface area contributed by atoms with Gasteiger partial charge < -0.3 is 15.0 Å². The van der Waals surface area contributed by atoms with Crippen LogP contribution in [0.5, 0.6) is 0 Å². The molecule has 1 unspecified atom stereocenters. The lowest BCUT2D eigenvalue weighted by molar-refractivity contribution is -0.121. The number of rotatable bonds is 6. The first-order valence-corrected chi connectivity index (χ1v) is 11.7. The fourth-order valence-electron chi connectivity index (χ4n) is 4.98. The Bertz CT molecular complexity index is 962. The van der Waals surface area contributed by atoms with Crippen LogP contribution in [0.25, 0.3) is 10.9 Å². The summed E-state index contributed by atoms with van der Waals surface area (Å²) in [6, 6.07) is 4.50. The molecule has 1 aliphatic heterocycles. The Morgan fingerprint density at radius 2 is 1.91 bits per heavy atom. The monoisotopic (exact) mass is 444 g/mol. The highest BCUT2D eigenvalue weighted by molar-refractivity contribution is 6.11. The van der Waals surface area contributed by atoms with E-state index in [9.17, 15) is 14.0 Å². The fourth-order valence-corrected chi connectivity index (χ4v) is 4.98. The number of H-pyrrole nitrogens is 1. The summed E-state index contributed by atoms with van der Waals surface area (Å²) in [4.78, 5) is 33.3. The number of nitrogens with zero attached hydrogens (tertiary/aromatic N) is 2. The summed E-state index contributed by atoms with van der Waals surface area (Å²) in [7, 11) is 0. The molecule has 2 heterocycles. The molecule has 1 atom stereocenters. The van der Waals surface area contributed by atoms with Crippen molar-refractivity contribution in [1.29, 1.82) is 0 Å². The van der Waals surface area contributed by atoms with Gasteiger partial charge in [-0.2, -0.15) is 0 Å². The SMILES string of the molecule is CCOC(=O)c1[nH]c2ccc(F)cc2c1NC(=O)C(C)N1CCN(C2CCCCC2)CC1.